The van der Waals surface area contributed by atoms with E-state index in [-0.39, 0.29) is 36.3 Å². The van der Waals surface area contributed by atoms with Crippen LogP contribution in [0.1, 0.15) is 17.7 Å². The Morgan fingerprint density at radius 2 is 1.61 bits per heavy atom. The highest BCUT2D eigenvalue weighted by Gasteiger charge is 2.38. The minimum atomic E-state index is -3.28. The second kappa shape index (κ2) is 7.35. The van der Waals surface area contributed by atoms with E-state index in [9.17, 15) is 18.0 Å². The van der Waals surface area contributed by atoms with Gasteiger partial charge in [0.25, 0.3) is 0 Å². The van der Waals surface area contributed by atoms with Gasteiger partial charge in [-0.3, -0.25) is 9.59 Å². The fourth-order valence-electron chi connectivity index (χ4n) is 4.09. The third kappa shape index (κ3) is 3.61. The standard InChI is InChI=1S/C22H20N4O4S/c27-20-11-15(12-25(20)16-7-3-1-4-8-16)22(28)23-21-18-13-31(29,30)14-19(18)24-26(21)17-9-5-2-6-10-17/h1-10,15H,11-14H2,(H,23,28). The summed E-state index contributed by atoms with van der Waals surface area (Å²) in [5.74, 6) is -0.927. The van der Waals surface area contributed by atoms with Crippen LogP contribution in [0.4, 0.5) is 11.5 Å². The van der Waals surface area contributed by atoms with Crippen LogP contribution in [-0.2, 0) is 30.9 Å². The van der Waals surface area contributed by atoms with Gasteiger partial charge in [0.1, 0.15) is 5.82 Å². The zero-order valence-corrected chi connectivity index (χ0v) is 17.4. The summed E-state index contributed by atoms with van der Waals surface area (Å²) in [7, 11) is -3.28. The average Bonchev–Trinajstić information content (AvgIpc) is 3.40. The number of hydrogen-bond donors (Lipinski definition) is 1. The van der Waals surface area contributed by atoms with Crippen molar-refractivity contribution >= 4 is 33.2 Å². The van der Waals surface area contributed by atoms with Crippen LogP contribution < -0.4 is 10.2 Å². The molecule has 9 heteroatoms. The maximum Gasteiger partial charge on any atom is 0.230 e. The summed E-state index contributed by atoms with van der Waals surface area (Å²) in [6, 6.07) is 18.5. The summed E-state index contributed by atoms with van der Waals surface area (Å²) in [5, 5.41) is 7.34. The number of nitrogens with one attached hydrogen (secondary N) is 1. The van der Waals surface area contributed by atoms with Crippen molar-refractivity contribution in [2.45, 2.75) is 17.9 Å². The molecule has 158 valence electrons. The molecule has 0 saturated carbocycles. The van der Waals surface area contributed by atoms with Crippen LogP contribution in [0.2, 0.25) is 0 Å². The van der Waals surface area contributed by atoms with Gasteiger partial charge in [-0.1, -0.05) is 36.4 Å². The number of carbonyl (C=O) groups excluding carboxylic acids is 2. The lowest BCUT2D eigenvalue weighted by molar-refractivity contribution is -0.122. The molecule has 2 aliphatic rings. The van der Waals surface area contributed by atoms with Crippen molar-refractivity contribution in [1.82, 2.24) is 9.78 Å². The van der Waals surface area contributed by atoms with Crippen molar-refractivity contribution in [3.8, 4) is 5.69 Å². The van der Waals surface area contributed by atoms with Gasteiger partial charge >= 0.3 is 0 Å². The maximum absolute atomic E-state index is 13.1. The molecule has 8 nitrogen and oxygen atoms in total. The molecule has 1 saturated heterocycles. The van der Waals surface area contributed by atoms with Crippen LogP contribution in [0.25, 0.3) is 5.69 Å². The fraction of sp³-hybridized carbons (Fsp3) is 0.227. The number of anilines is 2. The number of fused-ring (bicyclic) bond motifs is 1. The fourth-order valence-corrected chi connectivity index (χ4v) is 5.58. The third-order valence-electron chi connectivity index (χ3n) is 5.59. The molecule has 1 atom stereocenters. The number of amides is 2. The van der Waals surface area contributed by atoms with Crippen LogP contribution >= 0.6 is 0 Å². The highest BCUT2D eigenvalue weighted by molar-refractivity contribution is 7.90. The molecule has 1 N–H and O–H groups in total. The first-order chi connectivity index (χ1) is 14.9. The Kier molecular flexibility index (Phi) is 4.62. The predicted octanol–water partition coefficient (Wildman–Crippen LogP) is 2.29. The van der Waals surface area contributed by atoms with Gasteiger partial charge in [-0.15, -0.1) is 0 Å². The number of benzene rings is 2. The highest BCUT2D eigenvalue weighted by atomic mass is 32.2. The minimum absolute atomic E-state index is 0.0979. The van der Waals surface area contributed by atoms with Crippen LogP contribution in [0.5, 0.6) is 0 Å². The first kappa shape index (κ1) is 19.5. The number of rotatable bonds is 4. The zero-order chi connectivity index (χ0) is 21.6. The Bertz CT molecular complexity index is 1270. The average molecular weight is 436 g/mol. The second-order valence-corrected chi connectivity index (χ2v) is 9.85. The van der Waals surface area contributed by atoms with Crippen LogP contribution in [0, 0.1) is 5.92 Å². The number of sulfone groups is 1. The smallest absolute Gasteiger partial charge is 0.230 e. The van der Waals surface area contributed by atoms with Gasteiger partial charge in [-0.05, 0) is 24.3 Å². The number of carbonyl (C=O) groups is 2. The van der Waals surface area contributed by atoms with Gasteiger partial charge in [0.2, 0.25) is 11.8 Å². The molecule has 2 amide bonds. The first-order valence-corrected chi connectivity index (χ1v) is 11.8. The molecule has 2 aliphatic heterocycles. The lowest BCUT2D eigenvalue weighted by Crippen LogP contribution is -2.29. The van der Waals surface area contributed by atoms with Crippen LogP contribution in [0.15, 0.2) is 60.7 Å². The molecule has 31 heavy (non-hydrogen) atoms. The zero-order valence-electron chi connectivity index (χ0n) is 16.6. The summed E-state index contributed by atoms with van der Waals surface area (Å²) in [6.45, 7) is 0.272. The summed E-state index contributed by atoms with van der Waals surface area (Å²) in [4.78, 5) is 27.2. The summed E-state index contributed by atoms with van der Waals surface area (Å²) < 4.78 is 25.8. The van der Waals surface area contributed by atoms with E-state index in [1.807, 2.05) is 60.7 Å². The molecule has 1 fully saturated rings. The van der Waals surface area contributed by atoms with Gasteiger partial charge in [-0.25, -0.2) is 13.1 Å². The summed E-state index contributed by atoms with van der Waals surface area (Å²) >= 11 is 0. The summed E-state index contributed by atoms with van der Waals surface area (Å²) in [5.41, 5.74) is 2.44. The molecular formula is C22H20N4O4S. The SMILES string of the molecule is O=C(Nc1c2c(nn1-c1ccccc1)CS(=O)(=O)C2)C1CC(=O)N(c2ccccc2)C1. The maximum atomic E-state index is 13.1. The molecule has 3 heterocycles. The monoisotopic (exact) mass is 436 g/mol. The number of nitrogens with zero attached hydrogens (tertiary/aromatic N) is 3. The molecule has 5 rings (SSSR count). The van der Waals surface area contributed by atoms with Crippen LogP contribution in [0.3, 0.4) is 0 Å². The van der Waals surface area contributed by atoms with E-state index < -0.39 is 15.8 Å². The molecular weight excluding hydrogens is 416 g/mol. The van der Waals surface area contributed by atoms with Crippen LogP contribution in [-0.4, -0.2) is 36.6 Å². The molecule has 0 spiro atoms. The lowest BCUT2D eigenvalue weighted by atomic mass is 10.1. The van der Waals surface area contributed by atoms with Gasteiger partial charge in [0.15, 0.2) is 9.84 Å². The Morgan fingerprint density at radius 3 is 2.29 bits per heavy atom. The van der Waals surface area contributed by atoms with E-state index in [1.54, 1.807) is 9.58 Å². The molecule has 0 aliphatic carbocycles. The van der Waals surface area contributed by atoms with E-state index in [0.717, 1.165) is 11.4 Å². The first-order valence-electron chi connectivity index (χ1n) is 9.94. The van der Waals surface area contributed by atoms with Crippen molar-refractivity contribution in [3.63, 3.8) is 0 Å². The topological polar surface area (TPSA) is 101 Å². The quantitative estimate of drug-likeness (QED) is 0.676. The van der Waals surface area contributed by atoms with E-state index in [0.29, 0.717) is 17.1 Å². The number of hydrogen-bond acceptors (Lipinski definition) is 5. The number of aromatic nitrogens is 2. The molecule has 0 bridgehead atoms. The Labute approximate surface area is 179 Å². The number of para-hydroxylation sites is 2. The van der Waals surface area contributed by atoms with Gasteiger partial charge in [0.05, 0.1) is 28.8 Å². The largest absolute Gasteiger partial charge is 0.312 e. The minimum Gasteiger partial charge on any atom is -0.312 e. The van der Waals surface area contributed by atoms with Crippen molar-refractivity contribution in [2.75, 3.05) is 16.8 Å². The normalized spacial score (nSPS) is 19.4. The van der Waals surface area contributed by atoms with Crippen molar-refractivity contribution in [2.24, 2.45) is 5.92 Å². The van der Waals surface area contributed by atoms with Crippen molar-refractivity contribution in [1.29, 1.82) is 0 Å². The summed E-state index contributed by atoms with van der Waals surface area (Å²) in [6.07, 6.45) is 0.0979. The Morgan fingerprint density at radius 1 is 0.968 bits per heavy atom. The Balaban J connectivity index is 1.44. The van der Waals surface area contributed by atoms with E-state index in [2.05, 4.69) is 10.4 Å². The third-order valence-corrected chi connectivity index (χ3v) is 7.04. The highest BCUT2D eigenvalue weighted by Crippen LogP contribution is 2.34. The molecule has 3 aromatic rings. The van der Waals surface area contributed by atoms with Crippen molar-refractivity contribution in [3.05, 3.63) is 71.9 Å². The van der Waals surface area contributed by atoms with E-state index in [1.165, 1.54) is 0 Å². The van der Waals surface area contributed by atoms with E-state index in [4.69, 9.17) is 0 Å². The molecule has 2 aromatic carbocycles. The molecule has 0 radical (unpaired) electrons. The van der Waals surface area contributed by atoms with Crippen molar-refractivity contribution < 1.29 is 18.0 Å². The molecule has 1 aromatic heterocycles. The Hall–Kier alpha value is -3.46. The van der Waals surface area contributed by atoms with Gasteiger partial charge in [0, 0.05) is 24.2 Å². The predicted molar refractivity (Wildman–Crippen MR) is 115 cm³/mol. The second-order valence-electron chi connectivity index (χ2n) is 7.78. The van der Waals surface area contributed by atoms with E-state index >= 15 is 0 Å². The van der Waals surface area contributed by atoms with Gasteiger partial charge in [-0.2, -0.15) is 5.10 Å². The lowest BCUT2D eigenvalue weighted by Gasteiger charge is -2.17. The molecule has 1 unspecified atom stereocenters. The van der Waals surface area contributed by atoms with Gasteiger partial charge < -0.3 is 10.2 Å².